The first kappa shape index (κ1) is 10.4. The zero-order chi connectivity index (χ0) is 11.8. The maximum Gasteiger partial charge on any atom is 0.201 e. The van der Waals surface area contributed by atoms with Crippen LogP contribution in [0.5, 0.6) is 0 Å². The molecule has 0 amide bonds. The van der Waals surface area contributed by atoms with Crippen molar-refractivity contribution in [2.45, 2.75) is 4.90 Å². The minimum absolute atomic E-state index is 0.0480. The smallest absolute Gasteiger partial charge is 0.201 e. The summed E-state index contributed by atoms with van der Waals surface area (Å²) in [5, 5.41) is 1.32. The Morgan fingerprint density at radius 3 is 2.59 bits per heavy atom. The number of fused-ring (bicyclic) bond motifs is 2. The summed E-state index contributed by atoms with van der Waals surface area (Å²) >= 11 is 1.56. The summed E-state index contributed by atoms with van der Waals surface area (Å²) in [6, 6.07) is 13.0. The highest BCUT2D eigenvalue weighted by molar-refractivity contribution is 7.98. The average Bonchev–Trinajstić information content (AvgIpc) is 2.38. The number of hydrogen-bond donors (Lipinski definition) is 0. The van der Waals surface area contributed by atoms with Crippen molar-refractivity contribution in [2.75, 3.05) is 6.26 Å². The van der Waals surface area contributed by atoms with Crippen LogP contribution in [0.15, 0.2) is 56.6 Å². The molecular weight excluding hydrogens is 232 g/mol. The van der Waals surface area contributed by atoms with Gasteiger partial charge in [-0.25, -0.2) is 0 Å². The fourth-order valence-electron chi connectivity index (χ4n) is 1.99. The molecule has 0 N–H and O–H groups in total. The summed E-state index contributed by atoms with van der Waals surface area (Å²) in [7, 11) is 0. The Hall–Kier alpha value is -1.74. The van der Waals surface area contributed by atoms with E-state index in [1.165, 1.54) is 0 Å². The van der Waals surface area contributed by atoms with E-state index in [1.807, 2.05) is 42.7 Å². The van der Waals surface area contributed by atoms with Crippen LogP contribution in [0.4, 0.5) is 0 Å². The monoisotopic (exact) mass is 242 g/mol. The molecule has 2 nitrogen and oxygen atoms in total. The van der Waals surface area contributed by atoms with Crippen molar-refractivity contribution >= 4 is 33.7 Å². The molecule has 84 valence electrons. The molecule has 3 aromatic rings. The molecule has 0 saturated heterocycles. The number of benzene rings is 2. The lowest BCUT2D eigenvalue weighted by Crippen LogP contribution is -2.02. The number of thioether (sulfide) groups is 1. The summed E-state index contributed by atoms with van der Waals surface area (Å²) < 4.78 is 5.76. The molecule has 0 spiro atoms. The van der Waals surface area contributed by atoms with E-state index < -0.39 is 0 Å². The molecule has 1 aromatic heterocycles. The van der Waals surface area contributed by atoms with Crippen LogP contribution in [0.1, 0.15) is 0 Å². The molecule has 0 saturated carbocycles. The van der Waals surface area contributed by atoms with E-state index in [0.29, 0.717) is 21.9 Å². The second kappa shape index (κ2) is 3.93. The molecule has 17 heavy (non-hydrogen) atoms. The maximum absolute atomic E-state index is 12.4. The third-order valence-electron chi connectivity index (χ3n) is 2.79. The molecule has 0 bridgehead atoms. The van der Waals surface area contributed by atoms with Gasteiger partial charge in [0.25, 0.3) is 0 Å². The topological polar surface area (TPSA) is 30.2 Å². The first-order valence-corrected chi connectivity index (χ1v) is 6.52. The summed E-state index contributed by atoms with van der Waals surface area (Å²) in [6.45, 7) is 0. The van der Waals surface area contributed by atoms with Gasteiger partial charge in [-0.1, -0.05) is 18.2 Å². The normalized spacial score (nSPS) is 11.1. The Bertz CT molecular complexity index is 759. The standard InChI is InChI=1S/C14H10O2S/c1-17-12-8-4-7-11-13(12)14(15)9-5-2-3-6-10(9)16-11/h2-8H,1H3. The van der Waals surface area contributed by atoms with Crippen molar-refractivity contribution in [3.05, 3.63) is 52.7 Å². The second-order valence-electron chi connectivity index (χ2n) is 3.76. The third-order valence-corrected chi connectivity index (χ3v) is 3.57. The van der Waals surface area contributed by atoms with Gasteiger partial charge in [0.15, 0.2) is 0 Å². The van der Waals surface area contributed by atoms with Crippen LogP contribution in [0, 0.1) is 0 Å². The number of hydrogen-bond acceptors (Lipinski definition) is 3. The van der Waals surface area contributed by atoms with Crippen LogP contribution >= 0.6 is 11.8 Å². The molecule has 0 fully saturated rings. The Balaban J connectivity index is 2.60. The van der Waals surface area contributed by atoms with Crippen molar-refractivity contribution in [3.63, 3.8) is 0 Å². The molecule has 0 aliphatic carbocycles. The third kappa shape index (κ3) is 1.54. The number of para-hydroxylation sites is 1. The summed E-state index contributed by atoms with van der Waals surface area (Å²) in [5.74, 6) is 0. The Morgan fingerprint density at radius 1 is 1.00 bits per heavy atom. The van der Waals surface area contributed by atoms with Crippen LogP contribution < -0.4 is 5.43 Å². The van der Waals surface area contributed by atoms with Gasteiger partial charge in [-0.15, -0.1) is 11.8 Å². The quantitative estimate of drug-likeness (QED) is 0.482. The molecule has 0 unspecified atom stereocenters. The van der Waals surface area contributed by atoms with Crippen molar-refractivity contribution in [1.29, 1.82) is 0 Å². The fourth-order valence-corrected chi connectivity index (χ4v) is 2.60. The predicted molar refractivity (Wildman–Crippen MR) is 71.8 cm³/mol. The van der Waals surface area contributed by atoms with Gasteiger partial charge < -0.3 is 4.42 Å². The zero-order valence-corrected chi connectivity index (χ0v) is 10.1. The molecule has 3 rings (SSSR count). The molecule has 0 aliphatic heterocycles. The van der Waals surface area contributed by atoms with Gasteiger partial charge in [-0.05, 0) is 30.5 Å². The van der Waals surface area contributed by atoms with E-state index in [4.69, 9.17) is 4.42 Å². The number of rotatable bonds is 1. The van der Waals surface area contributed by atoms with Gasteiger partial charge in [0.2, 0.25) is 5.43 Å². The Morgan fingerprint density at radius 2 is 1.76 bits per heavy atom. The van der Waals surface area contributed by atoms with Gasteiger partial charge in [-0.2, -0.15) is 0 Å². The zero-order valence-electron chi connectivity index (χ0n) is 9.27. The van der Waals surface area contributed by atoms with E-state index in [9.17, 15) is 4.79 Å². The van der Waals surface area contributed by atoms with Crippen LogP contribution in [0.3, 0.4) is 0 Å². The lowest BCUT2D eigenvalue weighted by atomic mass is 10.1. The largest absolute Gasteiger partial charge is 0.456 e. The van der Waals surface area contributed by atoms with E-state index in [2.05, 4.69) is 0 Å². The maximum atomic E-state index is 12.4. The average molecular weight is 242 g/mol. The van der Waals surface area contributed by atoms with Crippen molar-refractivity contribution in [3.8, 4) is 0 Å². The first-order valence-electron chi connectivity index (χ1n) is 5.30. The lowest BCUT2D eigenvalue weighted by Gasteiger charge is -2.04. The Labute approximate surface area is 102 Å². The van der Waals surface area contributed by atoms with Gasteiger partial charge in [0.05, 0.1) is 10.8 Å². The van der Waals surface area contributed by atoms with Crippen LogP contribution in [-0.2, 0) is 0 Å². The van der Waals surface area contributed by atoms with Gasteiger partial charge in [0.1, 0.15) is 11.2 Å². The first-order chi connectivity index (χ1) is 8.31. The SMILES string of the molecule is CSc1cccc2oc3ccccc3c(=O)c12. The van der Waals surface area contributed by atoms with E-state index in [1.54, 1.807) is 17.8 Å². The summed E-state index contributed by atoms with van der Waals surface area (Å²) in [6.07, 6.45) is 1.96. The van der Waals surface area contributed by atoms with Gasteiger partial charge in [-0.3, -0.25) is 4.79 Å². The minimum Gasteiger partial charge on any atom is -0.456 e. The summed E-state index contributed by atoms with van der Waals surface area (Å²) in [5.41, 5.74) is 1.34. The molecule has 0 atom stereocenters. The highest BCUT2D eigenvalue weighted by Gasteiger charge is 2.09. The van der Waals surface area contributed by atoms with Crippen molar-refractivity contribution < 1.29 is 4.42 Å². The molecule has 0 aliphatic rings. The van der Waals surface area contributed by atoms with Crippen LogP contribution in [0.2, 0.25) is 0 Å². The van der Waals surface area contributed by atoms with Crippen molar-refractivity contribution in [1.82, 2.24) is 0 Å². The molecule has 0 radical (unpaired) electrons. The van der Waals surface area contributed by atoms with Crippen molar-refractivity contribution in [2.24, 2.45) is 0 Å². The predicted octanol–water partition coefficient (Wildman–Crippen LogP) is 3.67. The summed E-state index contributed by atoms with van der Waals surface area (Å²) in [4.78, 5) is 13.4. The second-order valence-corrected chi connectivity index (χ2v) is 4.61. The van der Waals surface area contributed by atoms with Gasteiger partial charge >= 0.3 is 0 Å². The van der Waals surface area contributed by atoms with Crippen LogP contribution in [-0.4, -0.2) is 6.26 Å². The fraction of sp³-hybridized carbons (Fsp3) is 0.0714. The molecule has 3 heteroatoms. The molecule has 2 aromatic carbocycles. The van der Waals surface area contributed by atoms with Crippen LogP contribution in [0.25, 0.3) is 21.9 Å². The molecular formula is C14H10O2S. The van der Waals surface area contributed by atoms with E-state index >= 15 is 0 Å². The highest BCUT2D eigenvalue weighted by atomic mass is 32.2. The van der Waals surface area contributed by atoms with E-state index in [0.717, 1.165) is 4.90 Å². The Kier molecular flexibility index (Phi) is 2.41. The van der Waals surface area contributed by atoms with Gasteiger partial charge in [0, 0.05) is 4.90 Å². The highest BCUT2D eigenvalue weighted by Crippen LogP contribution is 2.26. The lowest BCUT2D eigenvalue weighted by molar-refractivity contribution is 0.659. The molecule has 1 heterocycles. The minimum atomic E-state index is 0.0480. The van der Waals surface area contributed by atoms with E-state index in [-0.39, 0.29) is 5.43 Å².